The number of carbonyl (C=O) groups excluding carboxylic acids is 14. The van der Waals surface area contributed by atoms with Crippen molar-refractivity contribution in [3.8, 4) is 0 Å². The lowest BCUT2D eigenvalue weighted by atomic mass is 9.42. The maximum absolute atomic E-state index is 15.9. The minimum atomic E-state index is -2.23. The van der Waals surface area contributed by atoms with Crippen molar-refractivity contribution in [1.29, 1.82) is 0 Å². The fraction of sp³-hybridized carbons (Fsp3) is 0.435. The van der Waals surface area contributed by atoms with Crippen molar-refractivity contribution >= 4 is 95.4 Å². The van der Waals surface area contributed by atoms with E-state index in [0.29, 0.717) is 11.1 Å². The second-order valence-electron chi connectivity index (χ2n) is 33.7. The second-order valence-corrected chi connectivity index (χ2v) is 33.7. The van der Waals surface area contributed by atoms with E-state index in [1.165, 1.54) is 126 Å². The van der Waals surface area contributed by atoms with Crippen LogP contribution in [0.5, 0.6) is 0 Å². The van der Waals surface area contributed by atoms with Gasteiger partial charge in [-0.25, -0.2) is 19.2 Å². The quantitative estimate of drug-likeness (QED) is 0.0276. The molecule has 124 heavy (non-hydrogen) atoms. The number of nitrogens with zero attached hydrogens (tertiary/aromatic N) is 2. The summed E-state index contributed by atoms with van der Waals surface area (Å²) in [5, 5.41) is 24.7. The monoisotopic (exact) mass is 1710 g/mol. The van der Waals surface area contributed by atoms with E-state index in [4.69, 9.17) is 65.7 Å². The van der Waals surface area contributed by atoms with E-state index in [-0.39, 0.29) is 33.4 Å². The maximum Gasteiger partial charge on any atom is 0.340 e. The first-order valence-corrected chi connectivity index (χ1v) is 39.7. The molecule has 2 aliphatic heterocycles. The number of Topliss-reactive ketones (excluding diaryl/α,β-unsaturated/α-hetero) is 2. The van der Waals surface area contributed by atoms with Crippen LogP contribution in [0, 0.1) is 56.2 Å². The molecule has 0 radical (unpaired) electrons. The number of ketones is 2. The maximum atomic E-state index is 15.9. The Morgan fingerprint density at radius 2 is 0.847 bits per heavy atom. The van der Waals surface area contributed by atoms with Crippen molar-refractivity contribution in [2.75, 3.05) is 14.2 Å². The lowest BCUT2D eigenvalue weighted by Crippen LogP contribution is -2.76. The van der Waals surface area contributed by atoms with Crippen LogP contribution in [0.15, 0.2) is 192 Å². The number of methoxy groups -OCH3 is 2. The van der Waals surface area contributed by atoms with E-state index in [1.807, 2.05) is 0 Å². The molecule has 6 heterocycles. The highest BCUT2D eigenvalue weighted by atomic mass is 16.6. The number of furan rings is 2. The highest BCUT2D eigenvalue weighted by molar-refractivity contribution is 5.98. The van der Waals surface area contributed by atoms with E-state index in [0.717, 1.165) is 54.1 Å². The number of ether oxygens (including phenoxy) is 12. The zero-order valence-electron chi connectivity index (χ0n) is 70.7. The van der Waals surface area contributed by atoms with E-state index >= 15 is 9.59 Å². The van der Waals surface area contributed by atoms with Crippen LogP contribution in [0.3, 0.4) is 0 Å². The first kappa shape index (κ1) is 91.9. The van der Waals surface area contributed by atoms with Crippen molar-refractivity contribution in [2.45, 2.75) is 181 Å². The Morgan fingerprint density at radius 3 is 1.19 bits per heavy atom. The van der Waals surface area contributed by atoms with Gasteiger partial charge >= 0.3 is 71.6 Å². The number of pyridine rings is 2. The van der Waals surface area contributed by atoms with Gasteiger partial charge in [0.15, 0.2) is 47.2 Å². The Balaban J connectivity index is 0.000000241. The molecule has 4 aromatic heterocycles. The average Bonchev–Trinajstić information content (AvgIpc) is 0.711. The van der Waals surface area contributed by atoms with Gasteiger partial charge in [0.2, 0.25) is 0 Å². The summed E-state index contributed by atoms with van der Waals surface area (Å²) in [7, 11) is 2.28. The molecule has 0 spiro atoms. The molecule has 32 heteroatoms. The van der Waals surface area contributed by atoms with Gasteiger partial charge in [-0.3, -0.25) is 57.9 Å². The molecule has 2 aromatic carbocycles. The third kappa shape index (κ3) is 16.6. The molecule has 0 bridgehead atoms. The third-order valence-electron chi connectivity index (χ3n) is 25.8. The molecule has 2 saturated heterocycles. The molecule has 20 unspecified atom stereocenters. The predicted octanol–water partition coefficient (Wildman–Crippen LogP) is 10.2. The SMILES string of the molecule is C=C1C(C2(C)C(OC(=O)C=Cc3ccccc3)C(OC(=O)c3cccnc3)C(O)C(C)(C)C2CC(=O)OC)C(=O)C(OC(C)=O)C2(C)C(c3ccoc3)OC(=O)CC12OC(C)=O.C=C1C(C2(C)C(OC(=O)c3cccnc3)C(OC(=O)C=Cc3ccccc3)C(O)C(C)(C)C2CC(=O)OC)C(=O)C(OC(C)=O)C2(C)C(c3ccoc3)OC(=O)CC12OC(C)=O. The normalized spacial score (nSPS) is 31.5. The Morgan fingerprint density at radius 1 is 0.476 bits per heavy atom. The number of carbonyl (C=O) groups is 14. The van der Waals surface area contributed by atoms with Crippen LogP contribution in [0.4, 0.5) is 0 Å². The van der Waals surface area contributed by atoms with E-state index in [9.17, 15) is 67.7 Å². The molecule has 32 nitrogen and oxygen atoms in total. The molecule has 4 aliphatic carbocycles. The van der Waals surface area contributed by atoms with Crippen LogP contribution in [0.2, 0.25) is 0 Å². The average molecular weight is 1710 g/mol. The molecule has 20 atom stereocenters. The summed E-state index contributed by atoms with van der Waals surface area (Å²) >= 11 is 0. The number of rotatable bonds is 22. The van der Waals surface area contributed by atoms with Gasteiger partial charge in [-0.15, -0.1) is 0 Å². The zero-order valence-corrected chi connectivity index (χ0v) is 70.7. The van der Waals surface area contributed by atoms with Crippen LogP contribution in [0.25, 0.3) is 12.2 Å². The van der Waals surface area contributed by atoms with E-state index in [2.05, 4.69) is 23.1 Å². The Labute approximate surface area is 713 Å². The molecule has 6 aliphatic rings. The first-order valence-electron chi connectivity index (χ1n) is 39.7. The topological polar surface area (TPSA) is 442 Å². The standard InChI is InChI=1S/2C46H49NO15/c1-25-35(36(53)40(58-26(2)48)45(7)39(30-18-20-57-24-30)60-34(52)22-46(25,45)62-27(3)49)44(6)31(21-33(51)56-8)43(4,5)38(54)37(61-42(55)29-15-12-19-47-23-29)41(44)59-32(50)17-16-28-13-10-9-11-14-28;1-25-35(36(53)40(58-26(2)48)45(7)39(30-18-20-57-24-30)60-34(52)22-46(25,45)62-27(3)49)44(6)31(21-33(51)56-8)43(4,5)38(54)37(41(44)61-42(55)29-15-12-19-47-23-29)59-32(50)17-16-28-13-10-9-11-14-28/h2*9-20,23-24,31,35,37-41,54H,1,21-22H2,2-8H3. The van der Waals surface area contributed by atoms with Crippen LogP contribution in [0.1, 0.15) is 164 Å². The summed E-state index contributed by atoms with van der Waals surface area (Å²) in [6, 6.07) is 26.2. The summed E-state index contributed by atoms with van der Waals surface area (Å²) in [5.41, 5.74) is -14.3. The van der Waals surface area contributed by atoms with Crippen LogP contribution < -0.4 is 0 Å². The highest BCUT2D eigenvalue weighted by Gasteiger charge is 2.81. The third-order valence-corrected chi connectivity index (χ3v) is 25.8. The molecule has 12 rings (SSSR count). The van der Waals surface area contributed by atoms with Crippen LogP contribution in [-0.2, 0) is 114 Å². The van der Waals surface area contributed by atoms with Crippen molar-refractivity contribution in [1.82, 2.24) is 9.97 Å². The fourth-order valence-electron chi connectivity index (χ4n) is 20.0. The highest BCUT2D eigenvalue weighted by Crippen LogP contribution is 2.71. The van der Waals surface area contributed by atoms with Gasteiger partial charge in [0, 0.05) is 99.4 Å². The number of aromatic nitrogens is 2. The smallest absolute Gasteiger partial charge is 0.340 e. The summed E-state index contributed by atoms with van der Waals surface area (Å²) in [4.78, 5) is 204. The van der Waals surface area contributed by atoms with Gasteiger partial charge in [0.05, 0.1) is 85.9 Å². The molecular formula is C92H98N2O30. The number of hydrogen-bond acceptors (Lipinski definition) is 32. The van der Waals surface area contributed by atoms with Crippen molar-refractivity contribution in [3.63, 3.8) is 0 Å². The number of hydrogen-bond donors (Lipinski definition) is 2. The number of aliphatic hydroxyl groups is 2. The number of benzene rings is 2. The first-order chi connectivity index (χ1) is 58.5. The molecular weight excluding hydrogens is 1610 g/mol. The minimum Gasteiger partial charge on any atom is -0.472 e. The van der Waals surface area contributed by atoms with Gasteiger partial charge in [-0.1, -0.05) is 115 Å². The largest absolute Gasteiger partial charge is 0.472 e. The molecule has 6 fully saturated rings. The lowest BCUT2D eigenvalue weighted by Gasteiger charge is -2.65. The van der Waals surface area contributed by atoms with Crippen molar-refractivity contribution in [3.05, 3.63) is 217 Å². The van der Waals surface area contributed by atoms with Crippen LogP contribution >= 0.6 is 0 Å². The molecule has 6 aromatic rings. The Bertz CT molecular complexity index is 5170. The van der Waals surface area contributed by atoms with Crippen LogP contribution in [-0.4, -0.2) is 178 Å². The molecule has 2 N–H and O–H groups in total. The molecule has 4 saturated carbocycles. The molecule has 656 valence electrons. The molecule has 0 amide bonds. The lowest BCUT2D eigenvalue weighted by molar-refractivity contribution is -0.267. The zero-order chi connectivity index (χ0) is 90.7. The van der Waals surface area contributed by atoms with E-state index in [1.54, 1.807) is 88.4 Å². The summed E-state index contributed by atoms with van der Waals surface area (Å²) in [6.07, 6.45) is -4.34. The van der Waals surface area contributed by atoms with Gasteiger partial charge in [0.1, 0.15) is 36.6 Å². The second kappa shape index (κ2) is 35.9. The number of aliphatic hydroxyl groups excluding tert-OH is 2. The number of esters is 12. The van der Waals surface area contributed by atoms with E-state index < -0.39 is 237 Å². The van der Waals surface area contributed by atoms with Gasteiger partial charge in [0.25, 0.3) is 0 Å². The van der Waals surface area contributed by atoms with Crippen molar-refractivity contribution < 1.29 is 143 Å². The Kier molecular flexibility index (Phi) is 26.6. The summed E-state index contributed by atoms with van der Waals surface area (Å²) < 4.78 is 81.8. The Hall–Kier alpha value is -12.8. The fourth-order valence-corrected chi connectivity index (χ4v) is 20.0. The van der Waals surface area contributed by atoms with Gasteiger partial charge in [-0.2, -0.15) is 0 Å². The minimum absolute atomic E-state index is 0.0337. The number of fused-ring (bicyclic) bond motifs is 2. The van der Waals surface area contributed by atoms with Gasteiger partial charge < -0.3 is 75.9 Å². The number of cyclic esters (lactones) is 2. The van der Waals surface area contributed by atoms with Gasteiger partial charge in [-0.05, 0) is 107 Å². The predicted molar refractivity (Wildman–Crippen MR) is 430 cm³/mol. The summed E-state index contributed by atoms with van der Waals surface area (Å²) in [5.74, 6) is -18.9. The van der Waals surface area contributed by atoms with Crippen molar-refractivity contribution in [2.24, 2.45) is 56.2 Å². The summed E-state index contributed by atoms with van der Waals surface area (Å²) in [6.45, 7) is 25.2.